The van der Waals surface area contributed by atoms with Crippen molar-refractivity contribution in [2.45, 2.75) is 13.8 Å². The first-order valence-electron chi connectivity index (χ1n) is 10.7. The zero-order valence-corrected chi connectivity index (χ0v) is 20.6. The molecule has 1 aliphatic rings. The van der Waals surface area contributed by atoms with Crippen molar-refractivity contribution < 1.29 is 9.53 Å². The second-order valence-corrected chi connectivity index (χ2v) is 7.70. The number of hydrogen-bond donors (Lipinski definition) is 1. The Hall–Kier alpha value is -2.74. The lowest BCUT2D eigenvalue weighted by molar-refractivity contribution is -0.117. The Morgan fingerprint density at radius 3 is 2.30 bits per heavy atom. The van der Waals surface area contributed by atoms with Crippen LogP contribution in [-0.2, 0) is 4.79 Å². The van der Waals surface area contributed by atoms with Gasteiger partial charge in [0.05, 0.1) is 13.2 Å². The fraction of sp³-hybridized carbons (Fsp3) is 0.333. The molecule has 3 aromatic rings. The van der Waals surface area contributed by atoms with Crippen LogP contribution in [0.15, 0.2) is 60.9 Å². The number of piperazine rings is 1. The summed E-state index contributed by atoms with van der Waals surface area (Å²) in [6.45, 7) is 8.35. The molecule has 1 saturated heterocycles. The summed E-state index contributed by atoms with van der Waals surface area (Å²) in [5.74, 6) is 1.75. The molecule has 0 radical (unpaired) electrons. The molecule has 0 unspecified atom stereocenters. The molecular formula is C24H31Cl2N5O2. The number of ether oxygens (including phenoxy) is 1. The number of aryl methyl sites for hydroxylation is 1. The Labute approximate surface area is 207 Å². The first-order valence-corrected chi connectivity index (χ1v) is 10.7. The third-order valence-corrected chi connectivity index (χ3v) is 5.40. The molecule has 0 spiro atoms. The van der Waals surface area contributed by atoms with Gasteiger partial charge in [0.2, 0.25) is 11.9 Å². The van der Waals surface area contributed by atoms with Crippen LogP contribution >= 0.6 is 24.8 Å². The normalized spacial score (nSPS) is 13.6. The third kappa shape index (κ3) is 6.87. The van der Waals surface area contributed by atoms with Crippen molar-refractivity contribution in [3.63, 3.8) is 0 Å². The number of imidazole rings is 1. The van der Waals surface area contributed by atoms with E-state index in [1.165, 1.54) is 5.56 Å². The maximum absolute atomic E-state index is 12.5. The third-order valence-electron chi connectivity index (χ3n) is 5.40. The van der Waals surface area contributed by atoms with Crippen molar-refractivity contribution in [3.8, 4) is 11.4 Å². The van der Waals surface area contributed by atoms with Gasteiger partial charge in [0.1, 0.15) is 5.75 Å². The second-order valence-electron chi connectivity index (χ2n) is 7.70. The highest BCUT2D eigenvalue weighted by atomic mass is 35.5. The molecule has 1 fully saturated rings. The molecule has 0 aliphatic carbocycles. The lowest BCUT2D eigenvalue weighted by atomic mass is 10.2. The lowest BCUT2D eigenvalue weighted by Crippen LogP contribution is -2.49. The fourth-order valence-corrected chi connectivity index (χ4v) is 3.75. The van der Waals surface area contributed by atoms with Crippen molar-refractivity contribution in [1.29, 1.82) is 0 Å². The summed E-state index contributed by atoms with van der Waals surface area (Å²) in [5.41, 5.74) is 3.13. The Bertz CT molecular complexity index is 1000. The molecule has 4 rings (SSSR count). The van der Waals surface area contributed by atoms with Crippen molar-refractivity contribution in [1.82, 2.24) is 14.5 Å². The van der Waals surface area contributed by atoms with Gasteiger partial charge in [0, 0.05) is 49.9 Å². The van der Waals surface area contributed by atoms with Crippen molar-refractivity contribution in [2.75, 3.05) is 49.5 Å². The van der Waals surface area contributed by atoms with E-state index >= 15 is 0 Å². The van der Waals surface area contributed by atoms with E-state index in [9.17, 15) is 4.79 Å². The van der Waals surface area contributed by atoms with Crippen LogP contribution in [0.25, 0.3) is 5.69 Å². The molecule has 7 nitrogen and oxygen atoms in total. The Kier molecular flexibility index (Phi) is 10.0. The monoisotopic (exact) mass is 491 g/mol. The van der Waals surface area contributed by atoms with Crippen LogP contribution in [0.5, 0.6) is 5.75 Å². The molecule has 1 amide bonds. The predicted molar refractivity (Wildman–Crippen MR) is 138 cm³/mol. The molecule has 9 heteroatoms. The SMILES string of the molecule is CCOc1ccc(NC(=O)CN2CCN(c3nccn3-c3ccc(C)cc3)CC2)cc1.Cl.Cl. The summed E-state index contributed by atoms with van der Waals surface area (Å²) in [6.07, 6.45) is 3.84. The molecular weight excluding hydrogens is 461 g/mol. The van der Waals surface area contributed by atoms with Gasteiger partial charge in [-0.25, -0.2) is 4.98 Å². The van der Waals surface area contributed by atoms with Crippen LogP contribution in [0.2, 0.25) is 0 Å². The van der Waals surface area contributed by atoms with Gasteiger partial charge in [-0.1, -0.05) is 17.7 Å². The standard InChI is InChI=1S/C24H29N5O2.2ClH/c1-3-31-22-10-6-20(7-11-22)26-23(30)18-27-14-16-28(17-15-27)24-25-12-13-29(24)21-8-4-19(2)5-9-21;;/h4-13H,3,14-18H2,1-2H3,(H,26,30);2*1H. The number of carbonyl (C=O) groups excluding carboxylic acids is 1. The number of halogens is 2. The average Bonchev–Trinajstić information content (AvgIpc) is 3.26. The van der Waals surface area contributed by atoms with Crippen molar-refractivity contribution in [3.05, 3.63) is 66.5 Å². The Morgan fingerprint density at radius 1 is 1.00 bits per heavy atom. The number of hydrogen-bond acceptors (Lipinski definition) is 5. The zero-order valence-electron chi connectivity index (χ0n) is 18.9. The molecule has 178 valence electrons. The van der Waals surface area contributed by atoms with Gasteiger partial charge in [0.15, 0.2) is 0 Å². The van der Waals surface area contributed by atoms with E-state index in [4.69, 9.17) is 4.74 Å². The fourth-order valence-electron chi connectivity index (χ4n) is 3.75. The van der Waals surface area contributed by atoms with Crippen LogP contribution in [0.1, 0.15) is 12.5 Å². The quantitative estimate of drug-likeness (QED) is 0.536. The summed E-state index contributed by atoms with van der Waals surface area (Å²) in [5, 5.41) is 2.97. The molecule has 1 N–H and O–H groups in total. The Morgan fingerprint density at radius 2 is 1.67 bits per heavy atom. The highest BCUT2D eigenvalue weighted by molar-refractivity contribution is 5.92. The number of aromatic nitrogens is 2. The van der Waals surface area contributed by atoms with Crippen LogP contribution in [-0.4, -0.2) is 59.7 Å². The number of rotatable bonds is 7. The van der Waals surface area contributed by atoms with Crippen molar-refractivity contribution >= 4 is 42.4 Å². The largest absolute Gasteiger partial charge is 0.494 e. The van der Waals surface area contributed by atoms with Crippen molar-refractivity contribution in [2.24, 2.45) is 0 Å². The molecule has 0 saturated carbocycles. The highest BCUT2D eigenvalue weighted by Crippen LogP contribution is 2.20. The van der Waals surface area contributed by atoms with E-state index in [1.54, 1.807) is 0 Å². The van der Waals surface area contributed by atoms with Gasteiger partial charge in [-0.3, -0.25) is 14.3 Å². The molecule has 2 heterocycles. The predicted octanol–water partition coefficient (Wildman–Crippen LogP) is 4.18. The van der Waals surface area contributed by atoms with Gasteiger partial charge in [-0.2, -0.15) is 0 Å². The van der Waals surface area contributed by atoms with Gasteiger partial charge < -0.3 is 15.0 Å². The van der Waals surface area contributed by atoms with Gasteiger partial charge in [-0.15, -0.1) is 24.8 Å². The first-order chi connectivity index (χ1) is 15.1. The lowest BCUT2D eigenvalue weighted by Gasteiger charge is -2.35. The number of nitrogens with zero attached hydrogens (tertiary/aromatic N) is 4. The van der Waals surface area contributed by atoms with E-state index in [0.29, 0.717) is 13.2 Å². The topological polar surface area (TPSA) is 62.6 Å². The average molecular weight is 492 g/mol. The summed E-state index contributed by atoms with van der Waals surface area (Å²) < 4.78 is 7.56. The smallest absolute Gasteiger partial charge is 0.238 e. The van der Waals surface area contributed by atoms with Crippen LogP contribution in [0, 0.1) is 6.92 Å². The number of carbonyl (C=O) groups is 1. The second kappa shape index (κ2) is 12.5. The highest BCUT2D eigenvalue weighted by Gasteiger charge is 2.22. The van der Waals surface area contributed by atoms with E-state index in [0.717, 1.165) is 49.3 Å². The molecule has 0 bridgehead atoms. The summed E-state index contributed by atoms with van der Waals surface area (Å²) in [6, 6.07) is 15.9. The molecule has 2 aromatic carbocycles. The summed E-state index contributed by atoms with van der Waals surface area (Å²) in [4.78, 5) is 21.5. The van der Waals surface area contributed by atoms with Gasteiger partial charge >= 0.3 is 0 Å². The van der Waals surface area contributed by atoms with Crippen LogP contribution in [0.4, 0.5) is 11.6 Å². The Balaban J connectivity index is 0.00000193. The molecule has 1 aromatic heterocycles. The number of anilines is 2. The number of benzene rings is 2. The minimum atomic E-state index is -0.00114. The molecule has 1 aliphatic heterocycles. The first kappa shape index (κ1) is 26.5. The van der Waals surface area contributed by atoms with E-state index < -0.39 is 0 Å². The molecule has 0 atom stereocenters. The van der Waals surface area contributed by atoms with E-state index in [2.05, 4.69) is 55.9 Å². The minimum Gasteiger partial charge on any atom is -0.494 e. The number of amides is 1. The van der Waals surface area contributed by atoms with E-state index in [1.807, 2.05) is 43.6 Å². The van der Waals surface area contributed by atoms with Gasteiger partial charge in [0.25, 0.3) is 0 Å². The van der Waals surface area contributed by atoms with Crippen LogP contribution in [0.3, 0.4) is 0 Å². The summed E-state index contributed by atoms with van der Waals surface area (Å²) >= 11 is 0. The zero-order chi connectivity index (χ0) is 21.6. The maximum atomic E-state index is 12.5. The molecule has 33 heavy (non-hydrogen) atoms. The minimum absolute atomic E-state index is 0. The van der Waals surface area contributed by atoms with E-state index in [-0.39, 0.29) is 30.7 Å². The number of nitrogens with one attached hydrogen (secondary N) is 1. The summed E-state index contributed by atoms with van der Waals surface area (Å²) in [7, 11) is 0. The van der Waals surface area contributed by atoms with Crippen LogP contribution < -0.4 is 15.0 Å². The van der Waals surface area contributed by atoms with Gasteiger partial charge in [-0.05, 0) is 50.2 Å². The maximum Gasteiger partial charge on any atom is 0.238 e.